The molecule has 63 heavy (non-hydrogen) atoms. The Bertz CT molecular complexity index is 3900. The largest absolute Gasteiger partial charge is 0.454 e. The van der Waals surface area contributed by atoms with E-state index in [0.29, 0.717) is 17.6 Å². The van der Waals surface area contributed by atoms with Crippen molar-refractivity contribution in [3.8, 4) is 56.7 Å². The Morgan fingerprint density at radius 1 is 0.333 bits per heavy atom. The first kappa shape index (κ1) is 35.2. The van der Waals surface area contributed by atoms with Crippen LogP contribution in [0.2, 0.25) is 0 Å². The quantitative estimate of drug-likeness (QED) is 0.168. The van der Waals surface area contributed by atoms with Crippen LogP contribution < -0.4 is 0 Å². The summed E-state index contributed by atoms with van der Waals surface area (Å²) in [6.45, 7) is 0. The maximum atomic E-state index is 6.74. The summed E-state index contributed by atoms with van der Waals surface area (Å²) in [5.41, 5.74) is 13.1. The molecule has 0 atom stereocenters. The summed E-state index contributed by atoms with van der Waals surface area (Å²) in [6, 6.07) is 74.4. The van der Waals surface area contributed by atoms with Gasteiger partial charge in [-0.2, -0.15) is 9.97 Å². The van der Waals surface area contributed by atoms with Crippen molar-refractivity contribution in [1.29, 1.82) is 0 Å². The van der Waals surface area contributed by atoms with E-state index < -0.39 is 0 Å². The number of hydrogen-bond acceptors (Lipinski definition) is 4. The smallest absolute Gasteiger partial charge is 0.238 e. The van der Waals surface area contributed by atoms with Crippen molar-refractivity contribution < 1.29 is 4.42 Å². The van der Waals surface area contributed by atoms with Crippen LogP contribution in [0.25, 0.3) is 122 Å². The normalized spacial score (nSPS) is 11.8. The van der Waals surface area contributed by atoms with E-state index in [1.54, 1.807) is 0 Å². The number of rotatable bonds is 6. The Kier molecular flexibility index (Phi) is 7.80. The van der Waals surface area contributed by atoms with Gasteiger partial charge in [-0.1, -0.05) is 158 Å². The van der Waals surface area contributed by atoms with E-state index in [4.69, 9.17) is 19.4 Å². The predicted octanol–water partition coefficient (Wildman–Crippen LogP) is 14.6. The first-order chi connectivity index (χ1) is 31.2. The average molecular weight is 806 g/mol. The molecule has 13 aromatic rings. The molecule has 0 spiro atoms. The third-order valence-electron chi connectivity index (χ3n) is 12.4. The summed E-state index contributed by atoms with van der Waals surface area (Å²) in [5.74, 6) is 1.66. The van der Waals surface area contributed by atoms with Crippen molar-refractivity contribution in [2.45, 2.75) is 0 Å². The van der Waals surface area contributed by atoms with Crippen molar-refractivity contribution in [2.75, 3.05) is 0 Å². The molecule has 0 fully saturated rings. The van der Waals surface area contributed by atoms with Gasteiger partial charge in [-0.05, 0) is 76.9 Å². The van der Waals surface area contributed by atoms with E-state index >= 15 is 0 Å². The summed E-state index contributed by atoms with van der Waals surface area (Å²) >= 11 is 0. The molecule has 0 bridgehead atoms. The molecule has 13 rings (SSSR count). The van der Waals surface area contributed by atoms with Crippen LogP contribution in [0, 0.1) is 0 Å². The van der Waals surface area contributed by atoms with Crippen LogP contribution in [0.3, 0.4) is 0 Å². The second kappa shape index (κ2) is 14.0. The van der Waals surface area contributed by atoms with Gasteiger partial charge in [0.25, 0.3) is 0 Å². The van der Waals surface area contributed by atoms with Crippen molar-refractivity contribution in [3.05, 3.63) is 212 Å². The van der Waals surface area contributed by atoms with Crippen LogP contribution in [-0.2, 0) is 0 Å². The summed E-state index contributed by atoms with van der Waals surface area (Å²) < 4.78 is 11.2. The molecule has 6 nitrogen and oxygen atoms in total. The van der Waals surface area contributed by atoms with Gasteiger partial charge in [0.1, 0.15) is 11.1 Å². The third-order valence-corrected chi connectivity index (χ3v) is 12.4. The van der Waals surface area contributed by atoms with Gasteiger partial charge in [0.05, 0.1) is 16.6 Å². The lowest BCUT2D eigenvalue weighted by atomic mass is 9.96. The highest BCUT2D eigenvalue weighted by Crippen LogP contribution is 2.41. The Balaban J connectivity index is 1.08. The Morgan fingerprint density at radius 3 is 1.68 bits per heavy atom. The number of nitrogens with zero attached hydrogens (tertiary/aromatic N) is 5. The van der Waals surface area contributed by atoms with Gasteiger partial charge in [0, 0.05) is 49.1 Å². The monoisotopic (exact) mass is 805 g/mol. The fourth-order valence-corrected chi connectivity index (χ4v) is 9.52. The molecule has 0 aliphatic rings. The second-order valence-corrected chi connectivity index (χ2v) is 16.0. The molecule has 6 heteroatoms. The maximum Gasteiger partial charge on any atom is 0.238 e. The zero-order valence-electron chi connectivity index (χ0n) is 33.9. The molecule has 0 N–H and O–H groups in total. The Hall–Kier alpha value is -8.61. The zero-order valence-corrected chi connectivity index (χ0v) is 33.9. The van der Waals surface area contributed by atoms with Gasteiger partial charge >= 0.3 is 0 Å². The fourth-order valence-electron chi connectivity index (χ4n) is 9.52. The number of fused-ring (bicyclic) bond motifs is 10. The molecule has 9 aromatic carbocycles. The minimum absolute atomic E-state index is 0.509. The number of benzene rings is 9. The highest BCUT2D eigenvalue weighted by Gasteiger charge is 2.23. The van der Waals surface area contributed by atoms with Gasteiger partial charge in [0.2, 0.25) is 5.95 Å². The van der Waals surface area contributed by atoms with Crippen LogP contribution in [0.5, 0.6) is 0 Å². The molecule has 0 aliphatic carbocycles. The zero-order chi connectivity index (χ0) is 41.4. The first-order valence-electron chi connectivity index (χ1n) is 21.2. The van der Waals surface area contributed by atoms with Crippen molar-refractivity contribution >= 4 is 65.6 Å². The number of hydrogen-bond donors (Lipinski definition) is 0. The van der Waals surface area contributed by atoms with E-state index in [1.165, 1.54) is 5.56 Å². The molecule has 4 aromatic heterocycles. The molecular formula is C57H35N5O. The van der Waals surface area contributed by atoms with Crippen molar-refractivity contribution in [2.24, 2.45) is 0 Å². The maximum absolute atomic E-state index is 6.74. The topological polar surface area (TPSA) is 61.7 Å². The van der Waals surface area contributed by atoms with E-state index in [1.807, 2.05) is 18.2 Å². The molecule has 4 heterocycles. The van der Waals surface area contributed by atoms with E-state index in [-0.39, 0.29) is 0 Å². The summed E-state index contributed by atoms with van der Waals surface area (Å²) in [7, 11) is 0. The molecule has 0 radical (unpaired) electrons. The van der Waals surface area contributed by atoms with E-state index in [9.17, 15) is 0 Å². The average Bonchev–Trinajstić information content (AvgIpc) is 4.02. The SMILES string of the molecule is c1ccc(-c2ccc(-c3ccccc3-c3nc(-c4ccc5c(c4)c4ccccc4n5-c4ccccc4)nc(-n4c5ccccc5c5ccc6c7ccccc7oc6c54)n3)cc2)cc1. The molecule has 294 valence electrons. The molecule has 0 saturated carbocycles. The molecule has 0 unspecified atom stereocenters. The molecule has 0 saturated heterocycles. The van der Waals surface area contributed by atoms with Crippen LogP contribution >= 0.6 is 0 Å². The van der Waals surface area contributed by atoms with Gasteiger partial charge in [0.15, 0.2) is 17.2 Å². The van der Waals surface area contributed by atoms with E-state index in [0.717, 1.165) is 99.1 Å². The van der Waals surface area contributed by atoms with Crippen LogP contribution in [-0.4, -0.2) is 24.1 Å². The Morgan fingerprint density at radius 2 is 0.889 bits per heavy atom. The third kappa shape index (κ3) is 5.55. The molecule has 0 aliphatic heterocycles. The lowest BCUT2D eigenvalue weighted by Gasteiger charge is -2.14. The molecule has 0 amide bonds. The standard InChI is InChI=1S/C57H35N5O/c1-3-15-36(16-4-1)37-27-29-38(30-28-37)41-19-7-8-23-47(41)56-58-55(39-31-34-51-48(35-39)43-21-10-12-24-49(43)61(51)40-17-5-2-6-18-40)59-57(60-56)62-50-25-13-9-20-42(50)45-32-33-46-44-22-11-14-26-52(44)63-54(46)53(45)62/h1-35H. The van der Waals surface area contributed by atoms with E-state index in [2.05, 4.69) is 203 Å². The van der Waals surface area contributed by atoms with Crippen molar-refractivity contribution in [1.82, 2.24) is 24.1 Å². The predicted molar refractivity (Wildman–Crippen MR) is 258 cm³/mol. The van der Waals surface area contributed by atoms with Crippen LogP contribution in [0.15, 0.2) is 217 Å². The number of furan rings is 1. The lowest BCUT2D eigenvalue weighted by Crippen LogP contribution is -2.07. The first-order valence-corrected chi connectivity index (χ1v) is 21.2. The number of aromatic nitrogens is 5. The number of para-hydroxylation sites is 4. The highest BCUT2D eigenvalue weighted by atomic mass is 16.3. The highest BCUT2D eigenvalue weighted by molar-refractivity contribution is 6.21. The summed E-state index contributed by atoms with van der Waals surface area (Å²) in [5, 5.41) is 6.55. The van der Waals surface area contributed by atoms with Crippen LogP contribution in [0.1, 0.15) is 0 Å². The van der Waals surface area contributed by atoms with Crippen molar-refractivity contribution in [3.63, 3.8) is 0 Å². The minimum Gasteiger partial charge on any atom is -0.454 e. The fraction of sp³-hybridized carbons (Fsp3) is 0. The summed E-state index contributed by atoms with van der Waals surface area (Å²) in [4.78, 5) is 16.2. The minimum atomic E-state index is 0.509. The van der Waals surface area contributed by atoms with Gasteiger partial charge in [-0.25, -0.2) is 4.98 Å². The van der Waals surface area contributed by atoms with Gasteiger partial charge in [-0.3, -0.25) is 4.57 Å². The summed E-state index contributed by atoms with van der Waals surface area (Å²) in [6.07, 6.45) is 0. The van der Waals surface area contributed by atoms with Gasteiger partial charge in [-0.15, -0.1) is 0 Å². The second-order valence-electron chi connectivity index (χ2n) is 16.0. The van der Waals surface area contributed by atoms with Gasteiger partial charge < -0.3 is 8.98 Å². The Labute approximate surface area is 361 Å². The van der Waals surface area contributed by atoms with Crippen LogP contribution in [0.4, 0.5) is 0 Å². The lowest BCUT2D eigenvalue weighted by molar-refractivity contribution is 0.670. The molecular weight excluding hydrogens is 771 g/mol.